The number of benzene rings is 1. The Bertz CT molecular complexity index is 461. The molecule has 104 valence electrons. The van der Waals surface area contributed by atoms with E-state index in [4.69, 9.17) is 14.2 Å². The van der Waals surface area contributed by atoms with Crippen LogP contribution in [0.2, 0.25) is 0 Å². The second-order valence-corrected chi connectivity index (χ2v) is 4.46. The average Bonchev–Trinajstić information content (AvgIpc) is 2.66. The molecule has 0 saturated heterocycles. The maximum atomic E-state index is 12.1. The van der Waals surface area contributed by atoms with Crippen molar-refractivity contribution in [2.24, 2.45) is 0 Å². The van der Waals surface area contributed by atoms with E-state index in [9.17, 15) is 4.79 Å². The number of ether oxygens (including phenoxy) is 3. The van der Waals surface area contributed by atoms with Gasteiger partial charge in [0.05, 0.1) is 13.7 Å². The van der Waals surface area contributed by atoms with Gasteiger partial charge in [-0.1, -0.05) is 0 Å². The Balaban J connectivity index is 2.18. The molecule has 1 aromatic rings. The molecule has 0 spiro atoms. The van der Waals surface area contributed by atoms with Crippen LogP contribution in [0, 0.1) is 0 Å². The van der Waals surface area contributed by atoms with Crippen LogP contribution in [0.1, 0.15) is 12.5 Å². The Morgan fingerprint density at radius 1 is 1.42 bits per heavy atom. The molecule has 1 aliphatic heterocycles. The number of amides is 1. The number of carbonyl (C=O) groups is 1. The van der Waals surface area contributed by atoms with Crippen molar-refractivity contribution < 1.29 is 19.0 Å². The first-order valence-electron chi connectivity index (χ1n) is 6.27. The van der Waals surface area contributed by atoms with Gasteiger partial charge in [0.15, 0.2) is 0 Å². The summed E-state index contributed by atoms with van der Waals surface area (Å²) in [6.07, 6.45) is -0.431. The zero-order chi connectivity index (χ0) is 13.8. The molecule has 0 fully saturated rings. The van der Waals surface area contributed by atoms with Gasteiger partial charge in [0.25, 0.3) is 5.91 Å². The van der Waals surface area contributed by atoms with E-state index in [2.05, 4.69) is 0 Å². The normalized spacial score (nSPS) is 16.1. The van der Waals surface area contributed by atoms with Crippen LogP contribution in [0.25, 0.3) is 0 Å². The van der Waals surface area contributed by atoms with Crippen LogP contribution in [0.3, 0.4) is 0 Å². The highest BCUT2D eigenvalue weighted by atomic mass is 16.5. The lowest BCUT2D eigenvalue weighted by Crippen LogP contribution is -2.39. The summed E-state index contributed by atoms with van der Waals surface area (Å²) in [5, 5.41) is 0. The van der Waals surface area contributed by atoms with Crippen LogP contribution in [0.5, 0.6) is 11.5 Å². The van der Waals surface area contributed by atoms with Gasteiger partial charge in [-0.05, 0) is 19.1 Å². The topological polar surface area (TPSA) is 48.0 Å². The van der Waals surface area contributed by atoms with Crippen LogP contribution in [-0.2, 0) is 16.1 Å². The number of hydrogen-bond donors (Lipinski definition) is 0. The lowest BCUT2D eigenvalue weighted by atomic mass is 10.1. The van der Waals surface area contributed by atoms with E-state index >= 15 is 0 Å². The smallest absolute Gasteiger partial charge is 0.251 e. The van der Waals surface area contributed by atoms with Crippen molar-refractivity contribution in [1.82, 2.24) is 4.90 Å². The van der Waals surface area contributed by atoms with Crippen LogP contribution < -0.4 is 9.47 Å². The molecule has 1 amide bonds. The summed E-state index contributed by atoms with van der Waals surface area (Å²) < 4.78 is 15.9. The van der Waals surface area contributed by atoms with Crippen molar-refractivity contribution in [1.29, 1.82) is 0 Å². The molecule has 0 N–H and O–H groups in total. The molecule has 0 bridgehead atoms. The lowest BCUT2D eigenvalue weighted by Gasteiger charge is -2.22. The number of fused-ring (bicyclic) bond motifs is 1. The van der Waals surface area contributed by atoms with E-state index in [1.807, 2.05) is 18.2 Å². The minimum absolute atomic E-state index is 0.0187. The van der Waals surface area contributed by atoms with Crippen molar-refractivity contribution in [3.05, 3.63) is 23.8 Å². The monoisotopic (exact) mass is 265 g/mol. The maximum Gasteiger partial charge on any atom is 0.251 e. The Hall–Kier alpha value is -1.75. The Kier molecular flexibility index (Phi) is 4.27. The van der Waals surface area contributed by atoms with Crippen molar-refractivity contribution in [2.45, 2.75) is 19.6 Å². The lowest BCUT2D eigenvalue weighted by molar-refractivity contribution is -0.141. The van der Waals surface area contributed by atoms with Gasteiger partial charge >= 0.3 is 0 Å². The molecule has 5 nitrogen and oxygen atoms in total. The molecule has 1 atom stereocenters. The second kappa shape index (κ2) is 5.93. The van der Waals surface area contributed by atoms with Gasteiger partial charge in [0.1, 0.15) is 24.2 Å². The Morgan fingerprint density at radius 2 is 2.21 bits per heavy atom. The third-order valence-corrected chi connectivity index (χ3v) is 3.27. The zero-order valence-electron chi connectivity index (χ0n) is 11.5. The summed E-state index contributed by atoms with van der Waals surface area (Å²) in [5.74, 6) is 1.51. The fraction of sp³-hybridized carbons (Fsp3) is 0.500. The largest absolute Gasteiger partial charge is 0.497 e. The van der Waals surface area contributed by atoms with Gasteiger partial charge in [-0.15, -0.1) is 0 Å². The number of hydrogen-bond acceptors (Lipinski definition) is 4. The number of nitrogens with zero attached hydrogens (tertiary/aromatic N) is 1. The molecule has 0 saturated carbocycles. The van der Waals surface area contributed by atoms with Crippen molar-refractivity contribution in [3.63, 3.8) is 0 Å². The van der Waals surface area contributed by atoms with Gasteiger partial charge in [0.2, 0.25) is 0 Å². The van der Waals surface area contributed by atoms with Gasteiger partial charge in [-0.3, -0.25) is 4.79 Å². The summed E-state index contributed by atoms with van der Waals surface area (Å²) >= 11 is 0. The third kappa shape index (κ3) is 2.98. The summed E-state index contributed by atoms with van der Waals surface area (Å²) in [6, 6.07) is 5.65. The molecule has 19 heavy (non-hydrogen) atoms. The van der Waals surface area contributed by atoms with E-state index < -0.39 is 6.10 Å². The molecule has 0 radical (unpaired) electrons. The molecule has 1 heterocycles. The Morgan fingerprint density at radius 3 is 2.89 bits per heavy atom. The maximum absolute atomic E-state index is 12.1. The minimum Gasteiger partial charge on any atom is -0.497 e. The fourth-order valence-electron chi connectivity index (χ4n) is 2.02. The highest BCUT2D eigenvalue weighted by molar-refractivity contribution is 5.80. The van der Waals surface area contributed by atoms with E-state index in [-0.39, 0.29) is 5.91 Å². The van der Waals surface area contributed by atoms with Gasteiger partial charge < -0.3 is 19.1 Å². The standard InChI is InChI=1S/C14H19NO4/c1-10(17-2)14(16)15-6-7-19-13-8-12(18-3)5-4-11(13)9-15/h4-5,8,10H,6-7,9H2,1-3H3/t10-/m1/s1. The van der Waals surface area contributed by atoms with E-state index in [0.29, 0.717) is 19.7 Å². The highest BCUT2D eigenvalue weighted by Crippen LogP contribution is 2.28. The fourth-order valence-corrected chi connectivity index (χ4v) is 2.02. The number of rotatable bonds is 3. The average molecular weight is 265 g/mol. The molecule has 1 aromatic carbocycles. The van der Waals surface area contributed by atoms with Crippen molar-refractivity contribution >= 4 is 5.91 Å². The summed E-state index contributed by atoms with van der Waals surface area (Å²) in [6.45, 7) is 3.32. The van der Waals surface area contributed by atoms with Crippen LogP contribution >= 0.6 is 0 Å². The van der Waals surface area contributed by atoms with Crippen molar-refractivity contribution in [2.75, 3.05) is 27.4 Å². The predicted octanol–water partition coefficient (Wildman–Crippen LogP) is 1.45. The third-order valence-electron chi connectivity index (χ3n) is 3.27. The zero-order valence-corrected chi connectivity index (χ0v) is 11.5. The molecule has 5 heteroatoms. The van der Waals surface area contributed by atoms with Gasteiger partial charge in [0, 0.05) is 25.3 Å². The van der Waals surface area contributed by atoms with Crippen LogP contribution in [-0.4, -0.2) is 44.3 Å². The van der Waals surface area contributed by atoms with E-state index in [0.717, 1.165) is 17.1 Å². The van der Waals surface area contributed by atoms with Crippen LogP contribution in [0.15, 0.2) is 18.2 Å². The van der Waals surface area contributed by atoms with Gasteiger partial charge in [-0.25, -0.2) is 0 Å². The molecule has 0 aromatic heterocycles. The second-order valence-electron chi connectivity index (χ2n) is 4.46. The predicted molar refractivity (Wildman–Crippen MR) is 70.4 cm³/mol. The SMILES string of the molecule is COc1ccc2c(c1)OCCN(C(=O)[C@@H](C)OC)C2. The quantitative estimate of drug-likeness (QED) is 0.830. The summed E-state index contributed by atoms with van der Waals surface area (Å²) in [4.78, 5) is 13.9. The van der Waals surface area contributed by atoms with Crippen molar-refractivity contribution in [3.8, 4) is 11.5 Å². The first-order valence-corrected chi connectivity index (χ1v) is 6.27. The number of carbonyl (C=O) groups excluding carboxylic acids is 1. The first-order chi connectivity index (χ1) is 9.15. The minimum atomic E-state index is -0.431. The Labute approximate surface area is 113 Å². The molecule has 2 rings (SSSR count). The molecular weight excluding hydrogens is 246 g/mol. The van der Waals surface area contributed by atoms with Crippen LogP contribution in [0.4, 0.5) is 0 Å². The molecule has 1 aliphatic rings. The van der Waals surface area contributed by atoms with E-state index in [1.54, 1.807) is 18.9 Å². The van der Waals surface area contributed by atoms with Gasteiger partial charge in [-0.2, -0.15) is 0 Å². The molecule has 0 aliphatic carbocycles. The number of methoxy groups -OCH3 is 2. The highest BCUT2D eigenvalue weighted by Gasteiger charge is 2.24. The van der Waals surface area contributed by atoms with E-state index in [1.165, 1.54) is 7.11 Å². The molecule has 0 unspecified atom stereocenters. The molecular formula is C14H19NO4. The summed E-state index contributed by atoms with van der Waals surface area (Å²) in [5.41, 5.74) is 0.981. The summed E-state index contributed by atoms with van der Waals surface area (Å²) in [7, 11) is 3.16. The first kappa shape index (κ1) is 13.7.